The summed E-state index contributed by atoms with van der Waals surface area (Å²) in [5.74, 6) is -0.923. The van der Waals surface area contributed by atoms with E-state index in [1.54, 1.807) is 0 Å². The predicted molar refractivity (Wildman–Crippen MR) is 206 cm³/mol. The highest BCUT2D eigenvalue weighted by Crippen LogP contribution is 2.26. The summed E-state index contributed by atoms with van der Waals surface area (Å²) in [5.41, 5.74) is 0. The molecule has 0 radical (unpaired) electrons. The maximum atomic E-state index is 12.9. The Hall–Kier alpha value is -1.50. The number of carbonyl (C=O) groups excluding carboxylic acids is 2. The molecule has 330 valence electrons. The Bertz CT molecular complexity index is 1000. The molecule has 56 heavy (non-hydrogen) atoms. The fourth-order valence-electron chi connectivity index (χ4n) is 6.92. The highest BCUT2D eigenvalue weighted by molar-refractivity contribution is 5.70. The molecule has 7 N–H and O–H groups in total. The summed E-state index contributed by atoms with van der Waals surface area (Å²) in [4.78, 5) is 25.5. The third-order valence-electron chi connectivity index (χ3n) is 10.6. The van der Waals surface area contributed by atoms with Gasteiger partial charge < -0.3 is 64.2 Å². The Labute approximate surface area is 334 Å². The average Bonchev–Trinajstić information content (AvgIpc) is 3.19. The summed E-state index contributed by atoms with van der Waals surface area (Å²) in [6, 6.07) is 0. The lowest BCUT2D eigenvalue weighted by molar-refractivity contribution is -0.332. The van der Waals surface area contributed by atoms with Crippen LogP contribution in [0.1, 0.15) is 155 Å². The van der Waals surface area contributed by atoms with E-state index in [4.69, 9.17) is 28.4 Å². The van der Waals surface area contributed by atoms with Crippen LogP contribution in [0.15, 0.2) is 0 Å². The second-order valence-electron chi connectivity index (χ2n) is 15.5. The van der Waals surface area contributed by atoms with Gasteiger partial charge in [0.1, 0.15) is 55.4 Å². The lowest BCUT2D eigenvalue weighted by atomic mass is 9.98. The molecule has 0 spiro atoms. The smallest absolute Gasteiger partial charge is 0.306 e. The Morgan fingerprint density at radius 1 is 0.500 bits per heavy atom. The SMILES string of the molecule is CCCCCCCCCCCCCC(=O)O[C@H](COC(=O)CCCCCCCCCCC)CO[C@@H]1O[C@H](CO[C@H]2O[C@H](CO)[C@H](O)[C@H](O)[C@H]2O)[C@H](O)[C@H](O)[C@H]1O. The van der Waals surface area contributed by atoms with Crippen LogP contribution >= 0.6 is 0 Å². The number of ether oxygens (including phenoxy) is 6. The summed E-state index contributed by atoms with van der Waals surface area (Å²) < 4.78 is 33.3. The van der Waals surface area contributed by atoms with E-state index in [-0.39, 0.29) is 26.1 Å². The van der Waals surface area contributed by atoms with Gasteiger partial charge in [-0.15, -0.1) is 0 Å². The molecule has 2 fully saturated rings. The Morgan fingerprint density at radius 2 is 0.911 bits per heavy atom. The zero-order valence-corrected chi connectivity index (χ0v) is 34.1. The second-order valence-corrected chi connectivity index (χ2v) is 15.5. The predicted octanol–water partition coefficient (Wildman–Crippen LogP) is 3.70. The first-order valence-electron chi connectivity index (χ1n) is 21.6. The van der Waals surface area contributed by atoms with E-state index in [0.717, 1.165) is 38.5 Å². The summed E-state index contributed by atoms with van der Waals surface area (Å²) in [6.45, 7) is 2.54. The lowest BCUT2D eigenvalue weighted by Crippen LogP contribution is -2.61. The van der Waals surface area contributed by atoms with E-state index in [2.05, 4.69) is 13.8 Å². The van der Waals surface area contributed by atoms with Crippen molar-refractivity contribution in [2.45, 2.75) is 223 Å². The molecule has 2 aliphatic heterocycles. The quantitative estimate of drug-likeness (QED) is 0.0380. The van der Waals surface area contributed by atoms with E-state index >= 15 is 0 Å². The number of hydrogen-bond donors (Lipinski definition) is 7. The summed E-state index contributed by atoms with van der Waals surface area (Å²) in [5, 5.41) is 71.6. The topological polar surface area (TPSA) is 231 Å². The van der Waals surface area contributed by atoms with E-state index in [1.807, 2.05) is 0 Å². The molecule has 0 saturated carbocycles. The normalized spacial score (nSPS) is 28.6. The van der Waals surface area contributed by atoms with Gasteiger partial charge >= 0.3 is 11.9 Å². The van der Waals surface area contributed by atoms with Crippen LogP contribution < -0.4 is 0 Å². The summed E-state index contributed by atoms with van der Waals surface area (Å²) >= 11 is 0. The highest BCUT2D eigenvalue weighted by atomic mass is 16.7. The summed E-state index contributed by atoms with van der Waals surface area (Å²) in [7, 11) is 0. The Morgan fingerprint density at radius 3 is 1.39 bits per heavy atom. The van der Waals surface area contributed by atoms with Gasteiger partial charge in [-0.1, -0.05) is 129 Å². The largest absolute Gasteiger partial charge is 0.462 e. The van der Waals surface area contributed by atoms with E-state index < -0.39 is 92.7 Å². The molecule has 2 heterocycles. The molecule has 0 aromatic rings. The molecule has 0 unspecified atom stereocenters. The highest BCUT2D eigenvalue weighted by Gasteiger charge is 2.47. The fourth-order valence-corrected chi connectivity index (χ4v) is 6.92. The first-order chi connectivity index (χ1) is 27.0. The minimum atomic E-state index is -1.76. The molecule has 0 bridgehead atoms. The zero-order valence-electron chi connectivity index (χ0n) is 34.1. The van der Waals surface area contributed by atoms with Gasteiger partial charge in [-0.25, -0.2) is 0 Å². The van der Waals surface area contributed by atoms with Crippen LogP contribution in [0, 0.1) is 0 Å². The number of aliphatic hydroxyl groups is 7. The molecule has 2 saturated heterocycles. The van der Waals surface area contributed by atoms with Gasteiger partial charge in [0.25, 0.3) is 0 Å². The average molecular weight is 809 g/mol. The molecular weight excluding hydrogens is 732 g/mol. The third kappa shape index (κ3) is 20.0. The van der Waals surface area contributed by atoms with Crippen LogP contribution in [-0.2, 0) is 38.0 Å². The maximum Gasteiger partial charge on any atom is 0.306 e. The van der Waals surface area contributed by atoms with E-state index in [9.17, 15) is 45.3 Å². The first-order valence-corrected chi connectivity index (χ1v) is 21.6. The van der Waals surface area contributed by atoms with Crippen molar-refractivity contribution in [2.24, 2.45) is 0 Å². The fraction of sp³-hybridized carbons (Fsp3) is 0.951. The van der Waals surface area contributed by atoms with E-state index in [1.165, 1.54) is 77.0 Å². The third-order valence-corrected chi connectivity index (χ3v) is 10.6. The first kappa shape index (κ1) is 50.6. The van der Waals surface area contributed by atoms with Gasteiger partial charge in [0.05, 0.1) is 19.8 Å². The maximum absolute atomic E-state index is 12.9. The van der Waals surface area contributed by atoms with Gasteiger partial charge in [-0.2, -0.15) is 0 Å². The number of carbonyl (C=O) groups is 2. The monoisotopic (exact) mass is 809 g/mol. The number of aliphatic hydroxyl groups excluding tert-OH is 7. The molecule has 11 atom stereocenters. The molecule has 15 nitrogen and oxygen atoms in total. The number of rotatable bonds is 32. The summed E-state index contributed by atoms with van der Waals surface area (Å²) in [6.07, 6.45) is 5.95. The molecule has 2 rings (SSSR count). The van der Waals surface area contributed by atoms with Crippen molar-refractivity contribution in [3.63, 3.8) is 0 Å². The molecule has 0 aromatic heterocycles. The Balaban J connectivity index is 1.88. The molecule has 15 heteroatoms. The molecule has 0 aliphatic carbocycles. The van der Waals surface area contributed by atoms with Crippen molar-refractivity contribution >= 4 is 11.9 Å². The standard InChI is InChI=1S/C41H76O15/c1-3-5-7-9-11-13-14-16-18-20-22-24-33(44)54-29(26-51-32(43)23-21-19-17-15-12-10-8-6-4-2)27-52-40-39(50)37(48)35(46)31(56-40)28-53-41-38(49)36(47)34(45)30(25-42)55-41/h29-31,34-42,45-50H,3-28H2,1-2H3/t29-,30-,31-,34+,35+,36+,37+,38-,39-,40-,41+/m1/s1. The van der Waals surface area contributed by atoms with Crippen LogP contribution in [0.4, 0.5) is 0 Å². The number of unbranched alkanes of at least 4 members (excludes halogenated alkanes) is 18. The van der Waals surface area contributed by atoms with Gasteiger partial charge in [0, 0.05) is 12.8 Å². The van der Waals surface area contributed by atoms with Crippen molar-refractivity contribution in [3.05, 3.63) is 0 Å². The van der Waals surface area contributed by atoms with Gasteiger partial charge in [0.15, 0.2) is 18.7 Å². The minimum Gasteiger partial charge on any atom is -0.462 e. The Kier molecular flexibility index (Phi) is 27.6. The van der Waals surface area contributed by atoms with Gasteiger partial charge in [-0.3, -0.25) is 9.59 Å². The van der Waals surface area contributed by atoms with Crippen LogP contribution in [-0.4, -0.2) is 142 Å². The van der Waals surface area contributed by atoms with Gasteiger partial charge in [-0.05, 0) is 12.8 Å². The van der Waals surface area contributed by atoms with Crippen LogP contribution in [0.3, 0.4) is 0 Å². The molecule has 0 amide bonds. The lowest BCUT2D eigenvalue weighted by Gasteiger charge is -2.42. The van der Waals surface area contributed by atoms with E-state index in [0.29, 0.717) is 12.8 Å². The van der Waals surface area contributed by atoms with Crippen LogP contribution in [0.5, 0.6) is 0 Å². The van der Waals surface area contributed by atoms with Crippen molar-refractivity contribution in [1.82, 2.24) is 0 Å². The zero-order chi connectivity index (χ0) is 41.1. The molecule has 2 aliphatic rings. The van der Waals surface area contributed by atoms with Crippen molar-refractivity contribution < 1.29 is 73.8 Å². The second kappa shape index (κ2) is 30.5. The molecule has 0 aromatic carbocycles. The molecular formula is C41H76O15. The number of esters is 2. The van der Waals surface area contributed by atoms with Crippen molar-refractivity contribution in [3.8, 4) is 0 Å². The van der Waals surface area contributed by atoms with Crippen molar-refractivity contribution in [2.75, 3.05) is 26.4 Å². The number of hydrogen-bond acceptors (Lipinski definition) is 15. The minimum absolute atomic E-state index is 0.171. The van der Waals surface area contributed by atoms with Crippen LogP contribution in [0.25, 0.3) is 0 Å². The van der Waals surface area contributed by atoms with Gasteiger partial charge in [0.2, 0.25) is 0 Å². The van der Waals surface area contributed by atoms with Crippen LogP contribution in [0.2, 0.25) is 0 Å². The van der Waals surface area contributed by atoms with Crippen molar-refractivity contribution in [1.29, 1.82) is 0 Å².